The molecule has 218 valence electrons. The zero-order valence-electron chi connectivity index (χ0n) is 23.4. The molecular weight excluding hydrogens is 573 g/mol. The van der Waals surface area contributed by atoms with Crippen molar-refractivity contribution in [2.75, 3.05) is 44.7 Å². The predicted octanol–water partition coefficient (Wildman–Crippen LogP) is 4.66. The summed E-state index contributed by atoms with van der Waals surface area (Å²) in [5.74, 6) is -1.81. The van der Waals surface area contributed by atoms with Crippen LogP contribution in [-0.2, 0) is 14.3 Å². The Morgan fingerprint density at radius 2 is 1.37 bits per heavy atom. The molecule has 0 aliphatic carbocycles. The van der Waals surface area contributed by atoms with Crippen LogP contribution in [0.2, 0.25) is 0 Å². The number of ether oxygens (including phenoxy) is 1. The van der Waals surface area contributed by atoms with Crippen LogP contribution < -0.4 is 5.32 Å². The number of rotatable bonds is 10. The van der Waals surface area contributed by atoms with Gasteiger partial charge in [0.05, 0.1) is 6.04 Å². The zero-order valence-corrected chi connectivity index (χ0v) is 24.2. The molecule has 2 heterocycles. The van der Waals surface area contributed by atoms with Gasteiger partial charge < -0.3 is 20.1 Å². The van der Waals surface area contributed by atoms with Crippen LogP contribution in [0.25, 0.3) is 11.1 Å². The number of aromatic carboxylic acids is 1. The van der Waals surface area contributed by atoms with E-state index in [0.29, 0.717) is 31.7 Å². The molecule has 1 aliphatic heterocycles. The van der Waals surface area contributed by atoms with Gasteiger partial charge in [0.25, 0.3) is 5.91 Å². The molecule has 2 amide bonds. The van der Waals surface area contributed by atoms with E-state index in [1.807, 2.05) is 73.7 Å². The third kappa shape index (κ3) is 8.00. The van der Waals surface area contributed by atoms with Gasteiger partial charge in [-0.05, 0) is 23.6 Å². The summed E-state index contributed by atoms with van der Waals surface area (Å²) in [6.45, 7) is 3.78. The summed E-state index contributed by atoms with van der Waals surface area (Å²) in [5, 5.41) is 12.8. The van der Waals surface area contributed by atoms with Crippen LogP contribution >= 0.6 is 11.3 Å². The topological polar surface area (TPSA) is 99.2 Å². The average molecular weight is 608 g/mol. The Morgan fingerprint density at radius 3 is 1.91 bits per heavy atom. The number of nitrogens with zero attached hydrogens (tertiary/aromatic N) is 2. The van der Waals surface area contributed by atoms with Crippen LogP contribution in [0.15, 0.2) is 91.0 Å². The van der Waals surface area contributed by atoms with Crippen molar-refractivity contribution in [1.82, 2.24) is 9.80 Å². The Balaban J connectivity index is 0.00000423. The van der Waals surface area contributed by atoms with Crippen molar-refractivity contribution >= 4 is 63.7 Å². The number of amides is 2. The monoisotopic (exact) mass is 607 g/mol. The summed E-state index contributed by atoms with van der Waals surface area (Å²) in [5.41, 5.74) is 3.82. The maximum atomic E-state index is 12.9. The third-order valence-corrected chi connectivity index (χ3v) is 8.36. The Bertz CT molecular complexity index is 1480. The molecule has 43 heavy (non-hydrogen) atoms. The van der Waals surface area contributed by atoms with E-state index in [1.165, 1.54) is 22.5 Å². The molecular formula is C33H34N3NaO5S. The van der Waals surface area contributed by atoms with E-state index >= 15 is 0 Å². The molecule has 3 aromatic carbocycles. The van der Waals surface area contributed by atoms with E-state index in [1.54, 1.807) is 4.90 Å². The number of carboxylic acid groups (broad SMARTS) is 1. The number of aryl methyl sites for hydroxylation is 1. The van der Waals surface area contributed by atoms with E-state index < -0.39 is 11.9 Å². The third-order valence-electron chi connectivity index (χ3n) is 7.33. The standard InChI is InChI=1S/C33H33N3O5S.Na.H/c1-23-29(24-11-5-2-6-12-24)30(33(39)40)32(42-23)34-27(37)21-41-22-28(38)35-17-19-36(20-18-35)31(25-13-7-3-8-14-25)26-15-9-4-10-16-26;;/h2-16,31H,17-22H2,1H3,(H,34,37)(H,39,40);;. The zero-order chi connectivity index (χ0) is 29.5. The molecule has 10 heteroatoms. The Labute approximate surface area is 277 Å². The number of carbonyl (C=O) groups excluding carboxylic acids is 2. The summed E-state index contributed by atoms with van der Waals surface area (Å²) >= 11 is 1.21. The fraction of sp³-hybridized carbons (Fsp3) is 0.242. The number of carbonyl (C=O) groups is 3. The molecule has 1 aromatic heterocycles. The second-order valence-electron chi connectivity index (χ2n) is 10.1. The fourth-order valence-corrected chi connectivity index (χ4v) is 6.47. The summed E-state index contributed by atoms with van der Waals surface area (Å²) in [4.78, 5) is 42.5. The van der Waals surface area contributed by atoms with E-state index in [-0.39, 0.29) is 65.3 Å². The van der Waals surface area contributed by atoms with Crippen molar-refractivity contribution in [3.05, 3.63) is 113 Å². The van der Waals surface area contributed by atoms with Crippen LogP contribution in [-0.4, -0.2) is 102 Å². The van der Waals surface area contributed by atoms with Crippen molar-refractivity contribution in [3.63, 3.8) is 0 Å². The van der Waals surface area contributed by atoms with Gasteiger partial charge in [0.15, 0.2) is 0 Å². The summed E-state index contributed by atoms with van der Waals surface area (Å²) in [6.07, 6.45) is 0. The van der Waals surface area contributed by atoms with Gasteiger partial charge in [-0.15, -0.1) is 11.3 Å². The molecule has 1 saturated heterocycles. The first-order chi connectivity index (χ1) is 20.4. The summed E-state index contributed by atoms with van der Waals surface area (Å²) in [6, 6.07) is 30.0. The first-order valence-electron chi connectivity index (χ1n) is 13.8. The number of carboxylic acids is 1. The number of hydrogen-bond donors (Lipinski definition) is 2. The molecule has 8 nitrogen and oxygen atoms in total. The molecule has 1 fully saturated rings. The first kappa shape index (κ1) is 32.6. The second-order valence-corrected chi connectivity index (χ2v) is 11.3. The first-order valence-corrected chi connectivity index (χ1v) is 14.7. The van der Waals surface area contributed by atoms with Gasteiger partial charge in [-0.1, -0.05) is 91.0 Å². The number of piperazine rings is 1. The molecule has 0 saturated carbocycles. The van der Waals surface area contributed by atoms with Crippen LogP contribution in [0.3, 0.4) is 0 Å². The van der Waals surface area contributed by atoms with Crippen LogP contribution in [0.1, 0.15) is 32.4 Å². The molecule has 0 radical (unpaired) electrons. The van der Waals surface area contributed by atoms with Crippen molar-refractivity contribution in [2.45, 2.75) is 13.0 Å². The van der Waals surface area contributed by atoms with Gasteiger partial charge in [0, 0.05) is 36.6 Å². The number of thiophene rings is 1. The van der Waals surface area contributed by atoms with Crippen molar-refractivity contribution in [2.24, 2.45) is 0 Å². The van der Waals surface area contributed by atoms with Gasteiger partial charge in [-0.3, -0.25) is 14.5 Å². The van der Waals surface area contributed by atoms with E-state index in [4.69, 9.17) is 4.74 Å². The van der Waals surface area contributed by atoms with Crippen molar-refractivity contribution < 1.29 is 24.2 Å². The number of anilines is 1. The molecule has 0 bridgehead atoms. The van der Waals surface area contributed by atoms with Crippen molar-refractivity contribution in [1.29, 1.82) is 0 Å². The average Bonchev–Trinajstić information content (AvgIpc) is 3.34. The summed E-state index contributed by atoms with van der Waals surface area (Å²) in [7, 11) is 0. The van der Waals surface area contributed by atoms with E-state index in [9.17, 15) is 19.5 Å². The van der Waals surface area contributed by atoms with Gasteiger partial charge in [-0.25, -0.2) is 4.79 Å². The molecule has 5 rings (SSSR count). The van der Waals surface area contributed by atoms with Gasteiger partial charge in [-0.2, -0.15) is 0 Å². The molecule has 0 spiro atoms. The van der Waals surface area contributed by atoms with Crippen LogP contribution in [0.4, 0.5) is 5.00 Å². The Kier molecular flexibility index (Phi) is 11.7. The van der Waals surface area contributed by atoms with E-state index in [0.717, 1.165) is 10.4 Å². The van der Waals surface area contributed by atoms with Crippen molar-refractivity contribution in [3.8, 4) is 11.1 Å². The molecule has 1 aliphatic rings. The fourth-order valence-electron chi connectivity index (χ4n) is 5.39. The maximum absolute atomic E-state index is 12.9. The minimum absolute atomic E-state index is 0. The predicted molar refractivity (Wildman–Crippen MR) is 171 cm³/mol. The molecule has 0 atom stereocenters. The minimum atomic E-state index is -1.12. The van der Waals surface area contributed by atoms with E-state index in [2.05, 4.69) is 34.5 Å². The quantitative estimate of drug-likeness (QED) is 0.255. The van der Waals surface area contributed by atoms with Gasteiger partial charge in [0.2, 0.25) is 5.91 Å². The molecule has 4 aromatic rings. The van der Waals surface area contributed by atoms with Gasteiger partial charge in [0.1, 0.15) is 23.8 Å². The SMILES string of the molecule is Cc1sc(NC(=O)COCC(=O)N2CCN(C(c3ccccc3)c3ccccc3)CC2)c(C(=O)O)c1-c1ccccc1.[NaH]. The number of nitrogens with one attached hydrogen (secondary N) is 1. The Morgan fingerprint density at radius 1 is 0.837 bits per heavy atom. The molecule has 0 unspecified atom stereocenters. The number of hydrogen-bond acceptors (Lipinski definition) is 6. The number of benzene rings is 3. The molecule has 2 N–H and O–H groups in total. The van der Waals surface area contributed by atoms with Crippen LogP contribution in [0.5, 0.6) is 0 Å². The Hall–Kier alpha value is -3.31. The second kappa shape index (κ2) is 15.4. The summed E-state index contributed by atoms with van der Waals surface area (Å²) < 4.78 is 5.46. The normalized spacial score (nSPS) is 13.4. The van der Waals surface area contributed by atoms with Gasteiger partial charge >= 0.3 is 35.5 Å². The van der Waals surface area contributed by atoms with Crippen LogP contribution in [0, 0.1) is 6.92 Å².